The molecular weight excluding hydrogens is 346 g/mol. The maximum Gasteiger partial charge on any atom is 0.220 e. The number of halogens is 2. The van der Waals surface area contributed by atoms with Crippen LogP contribution in [0.2, 0.25) is 0 Å². The highest BCUT2D eigenvalue weighted by Crippen LogP contribution is 2.37. The predicted molar refractivity (Wildman–Crippen MR) is 101 cm³/mol. The SMILES string of the molecule is Nc1ncc(-c2cccc(F)c2)c([C@@H]2CCCN2Cc2ccc(F)cc2)n1. The van der Waals surface area contributed by atoms with Gasteiger partial charge in [0.25, 0.3) is 0 Å². The fourth-order valence-corrected chi connectivity index (χ4v) is 3.69. The van der Waals surface area contributed by atoms with Crippen LogP contribution in [-0.4, -0.2) is 21.4 Å². The van der Waals surface area contributed by atoms with Crippen LogP contribution >= 0.6 is 0 Å². The monoisotopic (exact) mass is 366 g/mol. The lowest BCUT2D eigenvalue weighted by molar-refractivity contribution is 0.245. The molecule has 1 aliphatic rings. The van der Waals surface area contributed by atoms with Crippen molar-refractivity contribution >= 4 is 5.95 Å². The minimum Gasteiger partial charge on any atom is -0.368 e. The molecule has 0 unspecified atom stereocenters. The quantitative estimate of drug-likeness (QED) is 0.746. The lowest BCUT2D eigenvalue weighted by Crippen LogP contribution is -2.24. The summed E-state index contributed by atoms with van der Waals surface area (Å²) >= 11 is 0. The Balaban J connectivity index is 1.69. The summed E-state index contributed by atoms with van der Waals surface area (Å²) in [6, 6.07) is 13.0. The Kier molecular flexibility index (Phi) is 4.81. The molecule has 3 aromatic rings. The number of aromatic nitrogens is 2. The first-order chi connectivity index (χ1) is 13.1. The summed E-state index contributed by atoms with van der Waals surface area (Å²) in [5, 5.41) is 0. The van der Waals surface area contributed by atoms with E-state index in [2.05, 4.69) is 14.9 Å². The molecule has 27 heavy (non-hydrogen) atoms. The van der Waals surface area contributed by atoms with Crippen LogP contribution in [0.25, 0.3) is 11.1 Å². The number of likely N-dealkylation sites (tertiary alicyclic amines) is 1. The summed E-state index contributed by atoms with van der Waals surface area (Å²) in [5.41, 5.74) is 9.24. The molecule has 1 atom stereocenters. The molecule has 2 N–H and O–H groups in total. The normalized spacial score (nSPS) is 17.3. The number of hydrogen-bond donors (Lipinski definition) is 1. The number of nitrogens with two attached hydrogens (primary N) is 1. The standard InChI is InChI=1S/C21H20F2N4/c22-16-8-6-14(7-9-16)13-27-10-2-5-19(27)20-18(12-25-21(24)26-20)15-3-1-4-17(23)11-15/h1,3-4,6-9,11-12,19H,2,5,10,13H2,(H2,24,25,26)/t19-/m0/s1. The van der Waals surface area contributed by atoms with Gasteiger partial charge in [-0.15, -0.1) is 0 Å². The van der Waals surface area contributed by atoms with Gasteiger partial charge in [-0.2, -0.15) is 0 Å². The molecule has 1 aliphatic heterocycles. The summed E-state index contributed by atoms with van der Waals surface area (Å²) in [6.07, 6.45) is 3.62. The highest BCUT2D eigenvalue weighted by molar-refractivity contribution is 5.66. The third-order valence-corrected chi connectivity index (χ3v) is 4.95. The molecule has 4 rings (SSSR count). The first-order valence-electron chi connectivity index (χ1n) is 8.97. The van der Waals surface area contributed by atoms with Crippen LogP contribution in [-0.2, 0) is 6.54 Å². The number of nitrogen functional groups attached to an aromatic ring is 1. The van der Waals surface area contributed by atoms with Crippen molar-refractivity contribution in [2.75, 3.05) is 12.3 Å². The van der Waals surface area contributed by atoms with E-state index >= 15 is 0 Å². The first-order valence-corrected chi connectivity index (χ1v) is 8.97. The van der Waals surface area contributed by atoms with E-state index in [0.29, 0.717) is 6.54 Å². The van der Waals surface area contributed by atoms with E-state index in [1.165, 1.54) is 24.3 Å². The molecule has 1 fully saturated rings. The zero-order chi connectivity index (χ0) is 18.8. The van der Waals surface area contributed by atoms with Crippen LogP contribution < -0.4 is 5.73 Å². The fourth-order valence-electron chi connectivity index (χ4n) is 3.69. The van der Waals surface area contributed by atoms with Crippen molar-refractivity contribution in [3.63, 3.8) is 0 Å². The van der Waals surface area contributed by atoms with Gasteiger partial charge >= 0.3 is 0 Å². The predicted octanol–water partition coefficient (Wildman–Crippen LogP) is 4.34. The molecule has 1 aromatic heterocycles. The topological polar surface area (TPSA) is 55.0 Å². The van der Waals surface area contributed by atoms with Crippen molar-refractivity contribution in [1.82, 2.24) is 14.9 Å². The summed E-state index contributed by atoms with van der Waals surface area (Å²) < 4.78 is 26.9. The van der Waals surface area contributed by atoms with E-state index in [1.807, 2.05) is 6.07 Å². The number of benzene rings is 2. The van der Waals surface area contributed by atoms with Gasteiger partial charge < -0.3 is 5.73 Å². The average Bonchev–Trinajstić information content (AvgIpc) is 3.11. The van der Waals surface area contributed by atoms with E-state index in [4.69, 9.17) is 5.73 Å². The van der Waals surface area contributed by atoms with Gasteiger partial charge in [0.05, 0.1) is 11.7 Å². The van der Waals surface area contributed by atoms with Crippen molar-refractivity contribution < 1.29 is 8.78 Å². The zero-order valence-corrected chi connectivity index (χ0v) is 14.8. The minimum atomic E-state index is -0.301. The molecule has 0 amide bonds. The Hall–Kier alpha value is -2.86. The Labute approximate surface area is 156 Å². The molecule has 0 saturated carbocycles. The molecule has 0 bridgehead atoms. The summed E-state index contributed by atoms with van der Waals surface area (Å²) in [6.45, 7) is 1.60. The van der Waals surface area contributed by atoms with Crippen molar-refractivity contribution in [2.45, 2.75) is 25.4 Å². The van der Waals surface area contributed by atoms with E-state index in [0.717, 1.165) is 41.8 Å². The third-order valence-electron chi connectivity index (χ3n) is 4.95. The minimum absolute atomic E-state index is 0.0543. The smallest absolute Gasteiger partial charge is 0.220 e. The summed E-state index contributed by atoms with van der Waals surface area (Å²) in [5.74, 6) is -0.336. The van der Waals surface area contributed by atoms with E-state index in [9.17, 15) is 8.78 Å². The van der Waals surface area contributed by atoms with Crippen molar-refractivity contribution in [1.29, 1.82) is 0 Å². The van der Waals surface area contributed by atoms with Crippen LogP contribution in [0.5, 0.6) is 0 Å². The Morgan fingerprint density at radius 2 is 1.89 bits per heavy atom. The number of anilines is 1. The second kappa shape index (κ2) is 7.40. The average molecular weight is 366 g/mol. The van der Waals surface area contributed by atoms with E-state index in [-0.39, 0.29) is 23.6 Å². The molecule has 1 saturated heterocycles. The van der Waals surface area contributed by atoms with Gasteiger partial charge in [0.2, 0.25) is 5.95 Å². The molecule has 4 nitrogen and oxygen atoms in total. The summed E-state index contributed by atoms with van der Waals surface area (Å²) in [4.78, 5) is 10.9. The van der Waals surface area contributed by atoms with Gasteiger partial charge in [0.15, 0.2) is 0 Å². The third kappa shape index (κ3) is 3.80. The lowest BCUT2D eigenvalue weighted by Gasteiger charge is -2.26. The molecule has 0 aliphatic carbocycles. The van der Waals surface area contributed by atoms with Crippen LogP contribution in [0.1, 0.15) is 30.1 Å². The van der Waals surface area contributed by atoms with Gasteiger partial charge in [-0.05, 0) is 54.8 Å². The fraction of sp³-hybridized carbons (Fsp3) is 0.238. The number of nitrogens with zero attached hydrogens (tertiary/aromatic N) is 3. The molecule has 6 heteroatoms. The Bertz CT molecular complexity index is 943. The van der Waals surface area contributed by atoms with E-state index in [1.54, 1.807) is 24.4 Å². The molecule has 2 heterocycles. The Morgan fingerprint density at radius 3 is 2.67 bits per heavy atom. The highest BCUT2D eigenvalue weighted by Gasteiger charge is 2.30. The van der Waals surface area contributed by atoms with Crippen LogP contribution in [0.3, 0.4) is 0 Å². The number of rotatable bonds is 4. The van der Waals surface area contributed by atoms with Crippen molar-refractivity contribution in [3.8, 4) is 11.1 Å². The first kappa shape index (κ1) is 17.5. The second-order valence-corrected chi connectivity index (χ2v) is 6.79. The zero-order valence-electron chi connectivity index (χ0n) is 14.8. The van der Waals surface area contributed by atoms with Crippen LogP contribution in [0, 0.1) is 11.6 Å². The van der Waals surface area contributed by atoms with Gasteiger partial charge in [-0.3, -0.25) is 4.90 Å². The van der Waals surface area contributed by atoms with Crippen molar-refractivity contribution in [2.24, 2.45) is 0 Å². The van der Waals surface area contributed by atoms with Gasteiger partial charge in [-0.1, -0.05) is 24.3 Å². The maximum absolute atomic E-state index is 13.7. The maximum atomic E-state index is 13.7. The lowest BCUT2D eigenvalue weighted by atomic mass is 9.99. The van der Waals surface area contributed by atoms with Crippen LogP contribution in [0.15, 0.2) is 54.7 Å². The van der Waals surface area contributed by atoms with Crippen LogP contribution in [0.4, 0.5) is 14.7 Å². The van der Waals surface area contributed by atoms with Crippen molar-refractivity contribution in [3.05, 3.63) is 77.6 Å². The Morgan fingerprint density at radius 1 is 1.07 bits per heavy atom. The molecule has 2 aromatic carbocycles. The molecular formula is C21H20F2N4. The van der Waals surface area contributed by atoms with Gasteiger partial charge in [0, 0.05) is 18.3 Å². The molecule has 0 radical (unpaired) electrons. The van der Waals surface area contributed by atoms with Gasteiger partial charge in [0.1, 0.15) is 11.6 Å². The van der Waals surface area contributed by atoms with Gasteiger partial charge in [-0.25, -0.2) is 18.7 Å². The van der Waals surface area contributed by atoms with E-state index < -0.39 is 0 Å². The summed E-state index contributed by atoms with van der Waals surface area (Å²) in [7, 11) is 0. The molecule has 138 valence electrons. The largest absolute Gasteiger partial charge is 0.368 e. The number of hydrogen-bond acceptors (Lipinski definition) is 4. The second-order valence-electron chi connectivity index (χ2n) is 6.79. The molecule has 0 spiro atoms. The highest BCUT2D eigenvalue weighted by atomic mass is 19.1.